The van der Waals surface area contributed by atoms with E-state index in [1.807, 2.05) is 55.5 Å². The number of para-hydroxylation sites is 1. The standard InChI is InChI=1S/C34H33BrN2O7S/c1-6-42-31-23(14-11-15-25(31)40-4)30-29(33(39)43-7-2)20(3)36-34-37(30)32(38)28(45-34)17-22-16-26(41-5)27(18-24(22)35)44-19-21-12-9-8-10-13-21/h8-18,30H,6-7,19H2,1-5H3/b28-17+/t30-/m0/s1. The van der Waals surface area contributed by atoms with Crippen molar-refractivity contribution in [3.8, 4) is 23.0 Å². The van der Waals surface area contributed by atoms with Crippen molar-refractivity contribution in [1.29, 1.82) is 0 Å². The number of thiazole rings is 1. The fourth-order valence-electron chi connectivity index (χ4n) is 5.10. The number of nitrogens with zero attached hydrogens (tertiary/aromatic N) is 2. The molecule has 0 saturated heterocycles. The second-order valence-electron chi connectivity index (χ2n) is 9.91. The van der Waals surface area contributed by atoms with E-state index < -0.39 is 12.0 Å². The summed E-state index contributed by atoms with van der Waals surface area (Å²) in [6, 6.07) is 18.0. The molecule has 234 valence electrons. The van der Waals surface area contributed by atoms with Gasteiger partial charge in [0.1, 0.15) is 12.6 Å². The Hall–Kier alpha value is -4.35. The summed E-state index contributed by atoms with van der Waals surface area (Å²) in [6.07, 6.45) is 1.77. The van der Waals surface area contributed by atoms with Crippen molar-refractivity contribution in [2.75, 3.05) is 27.4 Å². The van der Waals surface area contributed by atoms with Crippen molar-refractivity contribution in [2.45, 2.75) is 33.4 Å². The number of hydrogen-bond acceptors (Lipinski definition) is 9. The van der Waals surface area contributed by atoms with Gasteiger partial charge in [-0.05, 0) is 56.2 Å². The minimum atomic E-state index is -0.856. The maximum absolute atomic E-state index is 14.2. The van der Waals surface area contributed by atoms with Crippen LogP contribution in [0.4, 0.5) is 0 Å². The van der Waals surface area contributed by atoms with E-state index in [0.717, 1.165) is 5.56 Å². The van der Waals surface area contributed by atoms with Gasteiger partial charge in [0.05, 0.1) is 43.2 Å². The average molecular weight is 694 g/mol. The number of halogens is 1. The lowest BCUT2D eigenvalue weighted by Crippen LogP contribution is -2.40. The molecule has 3 aromatic carbocycles. The quantitative estimate of drug-likeness (QED) is 0.190. The largest absolute Gasteiger partial charge is 0.493 e. The van der Waals surface area contributed by atoms with Crippen LogP contribution in [0, 0.1) is 0 Å². The number of rotatable bonds is 11. The first kappa shape index (κ1) is 32.1. The molecule has 1 aromatic heterocycles. The number of hydrogen-bond donors (Lipinski definition) is 0. The summed E-state index contributed by atoms with van der Waals surface area (Å²) in [5, 5.41) is 0. The molecule has 9 nitrogen and oxygen atoms in total. The lowest BCUT2D eigenvalue weighted by molar-refractivity contribution is -0.139. The van der Waals surface area contributed by atoms with Gasteiger partial charge in [0.25, 0.3) is 5.56 Å². The van der Waals surface area contributed by atoms with E-state index in [1.165, 1.54) is 15.9 Å². The highest BCUT2D eigenvalue weighted by Crippen LogP contribution is 2.41. The molecular weight excluding hydrogens is 660 g/mol. The first-order valence-electron chi connectivity index (χ1n) is 14.3. The zero-order valence-corrected chi connectivity index (χ0v) is 28.0. The first-order valence-corrected chi connectivity index (χ1v) is 16.0. The molecule has 11 heteroatoms. The number of allylic oxidation sites excluding steroid dienone is 1. The molecule has 2 heterocycles. The molecule has 0 fully saturated rings. The molecule has 4 aromatic rings. The topological polar surface area (TPSA) is 97.6 Å². The Morgan fingerprint density at radius 2 is 1.73 bits per heavy atom. The highest BCUT2D eigenvalue weighted by molar-refractivity contribution is 9.10. The van der Waals surface area contributed by atoms with Gasteiger partial charge in [-0.2, -0.15) is 0 Å². The van der Waals surface area contributed by atoms with Gasteiger partial charge in [0, 0.05) is 10.0 Å². The van der Waals surface area contributed by atoms with E-state index in [9.17, 15) is 9.59 Å². The summed E-state index contributed by atoms with van der Waals surface area (Å²) in [7, 11) is 3.12. The highest BCUT2D eigenvalue weighted by atomic mass is 79.9. The number of ether oxygens (including phenoxy) is 5. The van der Waals surface area contributed by atoms with Gasteiger partial charge >= 0.3 is 5.97 Å². The predicted octanol–water partition coefficient (Wildman–Crippen LogP) is 5.56. The fourth-order valence-corrected chi connectivity index (χ4v) is 6.58. The number of benzene rings is 3. The van der Waals surface area contributed by atoms with E-state index in [1.54, 1.807) is 46.3 Å². The molecule has 0 amide bonds. The normalized spacial score (nSPS) is 14.4. The summed E-state index contributed by atoms with van der Waals surface area (Å²) >= 11 is 4.87. The Kier molecular flexibility index (Phi) is 10.1. The minimum Gasteiger partial charge on any atom is -0.493 e. The van der Waals surface area contributed by atoms with Crippen LogP contribution in [0.1, 0.15) is 43.5 Å². The molecule has 1 aliphatic rings. The minimum absolute atomic E-state index is 0.171. The molecule has 0 bridgehead atoms. The van der Waals surface area contributed by atoms with Gasteiger partial charge in [-0.3, -0.25) is 9.36 Å². The maximum atomic E-state index is 14.2. The molecule has 5 rings (SSSR count). The molecule has 0 spiro atoms. The van der Waals surface area contributed by atoms with E-state index in [0.29, 0.717) is 66.8 Å². The van der Waals surface area contributed by atoms with Gasteiger partial charge < -0.3 is 23.7 Å². The van der Waals surface area contributed by atoms with E-state index in [4.69, 9.17) is 23.7 Å². The van der Waals surface area contributed by atoms with Gasteiger partial charge in [0.15, 0.2) is 27.8 Å². The third kappa shape index (κ3) is 6.55. The Balaban J connectivity index is 1.64. The van der Waals surface area contributed by atoms with E-state index in [2.05, 4.69) is 20.9 Å². The second-order valence-corrected chi connectivity index (χ2v) is 11.8. The van der Waals surface area contributed by atoms with Crippen LogP contribution in [0.5, 0.6) is 23.0 Å². The Morgan fingerprint density at radius 3 is 2.42 bits per heavy atom. The van der Waals surface area contributed by atoms with Crippen LogP contribution in [0.15, 0.2) is 86.2 Å². The molecular formula is C34H33BrN2O7S. The van der Waals surface area contributed by atoms with Crippen molar-refractivity contribution in [1.82, 2.24) is 4.57 Å². The predicted molar refractivity (Wildman–Crippen MR) is 176 cm³/mol. The van der Waals surface area contributed by atoms with Crippen LogP contribution >= 0.6 is 27.3 Å². The molecule has 0 saturated carbocycles. The van der Waals surface area contributed by atoms with Crippen molar-refractivity contribution in [3.63, 3.8) is 0 Å². The van der Waals surface area contributed by atoms with Gasteiger partial charge in [-0.25, -0.2) is 9.79 Å². The molecule has 0 unspecified atom stereocenters. The lowest BCUT2D eigenvalue weighted by Gasteiger charge is -2.26. The Labute approximate surface area is 273 Å². The summed E-state index contributed by atoms with van der Waals surface area (Å²) in [5.41, 5.74) is 2.71. The van der Waals surface area contributed by atoms with Crippen LogP contribution in [0.25, 0.3) is 6.08 Å². The SMILES string of the molecule is CCOC(=O)C1=C(C)N=c2s/c(=C/c3cc(OC)c(OCc4ccccc4)cc3Br)c(=O)n2[C@H]1c1cccc(OC)c1OCC. The van der Waals surface area contributed by atoms with Crippen LogP contribution in [-0.2, 0) is 16.1 Å². The van der Waals surface area contributed by atoms with Crippen LogP contribution in [-0.4, -0.2) is 38.0 Å². The zero-order chi connectivity index (χ0) is 32.1. The van der Waals surface area contributed by atoms with Crippen molar-refractivity contribution in [3.05, 3.63) is 113 Å². The summed E-state index contributed by atoms with van der Waals surface area (Å²) in [5.74, 6) is 1.45. The maximum Gasteiger partial charge on any atom is 0.338 e. The van der Waals surface area contributed by atoms with Crippen LogP contribution < -0.4 is 33.8 Å². The smallest absolute Gasteiger partial charge is 0.338 e. The fraction of sp³-hybridized carbons (Fsp3) is 0.265. The number of methoxy groups -OCH3 is 2. The molecule has 0 radical (unpaired) electrons. The number of fused-ring (bicyclic) bond motifs is 1. The number of esters is 1. The van der Waals surface area contributed by atoms with Crippen LogP contribution in [0.2, 0.25) is 0 Å². The molecule has 1 aliphatic heterocycles. The molecule has 0 aliphatic carbocycles. The van der Waals surface area contributed by atoms with Gasteiger partial charge in [-0.15, -0.1) is 0 Å². The average Bonchev–Trinajstić information content (AvgIpc) is 3.34. The summed E-state index contributed by atoms with van der Waals surface area (Å²) < 4.78 is 31.4. The number of aromatic nitrogens is 1. The number of carbonyl (C=O) groups excluding carboxylic acids is 1. The van der Waals surface area contributed by atoms with E-state index >= 15 is 0 Å². The highest BCUT2D eigenvalue weighted by Gasteiger charge is 2.36. The van der Waals surface area contributed by atoms with Crippen molar-refractivity contribution >= 4 is 39.3 Å². The van der Waals surface area contributed by atoms with Crippen LogP contribution in [0.3, 0.4) is 0 Å². The third-order valence-corrected chi connectivity index (χ3v) is 8.81. The molecule has 0 N–H and O–H groups in total. The van der Waals surface area contributed by atoms with Crippen molar-refractivity contribution < 1.29 is 28.5 Å². The molecule has 45 heavy (non-hydrogen) atoms. The van der Waals surface area contributed by atoms with E-state index in [-0.39, 0.29) is 17.7 Å². The lowest BCUT2D eigenvalue weighted by atomic mass is 9.94. The van der Waals surface area contributed by atoms with Crippen molar-refractivity contribution in [2.24, 2.45) is 4.99 Å². The Morgan fingerprint density at radius 1 is 0.978 bits per heavy atom. The monoisotopic (exact) mass is 692 g/mol. The van der Waals surface area contributed by atoms with Gasteiger partial charge in [-0.1, -0.05) is 69.7 Å². The Bertz CT molecular complexity index is 1930. The first-order chi connectivity index (χ1) is 21.8. The second kappa shape index (κ2) is 14.2. The number of carbonyl (C=O) groups is 1. The van der Waals surface area contributed by atoms with Gasteiger partial charge in [0.2, 0.25) is 0 Å². The zero-order valence-electron chi connectivity index (χ0n) is 25.6. The summed E-state index contributed by atoms with van der Waals surface area (Å²) in [6.45, 7) is 6.24. The molecule has 1 atom stereocenters. The summed E-state index contributed by atoms with van der Waals surface area (Å²) in [4.78, 5) is 32.7. The third-order valence-electron chi connectivity index (χ3n) is 7.14.